The number of likely N-dealkylation sites (tertiary alicyclic amines) is 1. The smallest absolute Gasteiger partial charge is 0.222 e. The molecule has 0 aliphatic carbocycles. The molecule has 2 heterocycles. The predicted octanol–water partition coefficient (Wildman–Crippen LogP) is 1.39. The van der Waals surface area contributed by atoms with Gasteiger partial charge in [-0.3, -0.25) is 4.79 Å². The van der Waals surface area contributed by atoms with Crippen LogP contribution < -0.4 is 5.73 Å². The van der Waals surface area contributed by atoms with E-state index >= 15 is 0 Å². The second-order valence-electron chi connectivity index (χ2n) is 5.66. The summed E-state index contributed by atoms with van der Waals surface area (Å²) in [5.74, 6) is 1.64. The average molecular weight is 254 g/mol. The summed E-state index contributed by atoms with van der Waals surface area (Å²) in [6.07, 6.45) is 6.21. The van der Waals surface area contributed by atoms with E-state index in [9.17, 15) is 4.79 Å². The van der Waals surface area contributed by atoms with Crippen LogP contribution in [0.4, 0.5) is 0 Å². The molecule has 2 rings (SSSR count). The van der Waals surface area contributed by atoms with E-state index in [0.717, 1.165) is 77.3 Å². The molecule has 18 heavy (non-hydrogen) atoms. The van der Waals surface area contributed by atoms with E-state index in [-0.39, 0.29) is 0 Å². The largest absolute Gasteiger partial charge is 0.381 e. The number of nitrogens with zero attached hydrogens (tertiary/aromatic N) is 1. The highest BCUT2D eigenvalue weighted by Gasteiger charge is 2.25. The maximum atomic E-state index is 12.2. The third-order valence-electron chi connectivity index (χ3n) is 4.35. The third kappa shape index (κ3) is 3.95. The van der Waals surface area contributed by atoms with E-state index in [2.05, 4.69) is 4.90 Å². The highest BCUT2D eigenvalue weighted by molar-refractivity contribution is 5.76. The van der Waals surface area contributed by atoms with Crippen LogP contribution in [0.3, 0.4) is 0 Å². The molecule has 0 spiro atoms. The molecule has 0 atom stereocenters. The van der Waals surface area contributed by atoms with Gasteiger partial charge in [-0.15, -0.1) is 0 Å². The fraction of sp³-hybridized carbons (Fsp3) is 0.929. The summed E-state index contributed by atoms with van der Waals surface area (Å²) in [6, 6.07) is 0. The topological polar surface area (TPSA) is 55.6 Å². The Morgan fingerprint density at radius 3 is 2.39 bits per heavy atom. The lowest BCUT2D eigenvalue weighted by Crippen LogP contribution is -2.40. The van der Waals surface area contributed by atoms with Gasteiger partial charge in [-0.1, -0.05) is 0 Å². The van der Waals surface area contributed by atoms with Crippen LogP contribution in [0.5, 0.6) is 0 Å². The van der Waals surface area contributed by atoms with Crippen LogP contribution in [-0.4, -0.2) is 43.7 Å². The van der Waals surface area contributed by atoms with Gasteiger partial charge >= 0.3 is 0 Å². The lowest BCUT2D eigenvalue weighted by molar-refractivity contribution is -0.134. The van der Waals surface area contributed by atoms with Crippen molar-refractivity contribution in [3.8, 4) is 0 Å². The molecule has 0 radical (unpaired) electrons. The van der Waals surface area contributed by atoms with Crippen molar-refractivity contribution in [2.75, 3.05) is 32.8 Å². The first kappa shape index (κ1) is 13.8. The van der Waals surface area contributed by atoms with Crippen LogP contribution in [0, 0.1) is 11.8 Å². The first-order chi connectivity index (χ1) is 8.79. The first-order valence-electron chi connectivity index (χ1n) is 7.35. The van der Waals surface area contributed by atoms with E-state index in [1.807, 2.05) is 0 Å². The van der Waals surface area contributed by atoms with Gasteiger partial charge in [0, 0.05) is 32.7 Å². The lowest BCUT2D eigenvalue weighted by atomic mass is 9.92. The van der Waals surface area contributed by atoms with Crippen molar-refractivity contribution in [3.05, 3.63) is 0 Å². The highest BCUT2D eigenvalue weighted by Crippen LogP contribution is 2.23. The van der Waals surface area contributed by atoms with Gasteiger partial charge in [-0.2, -0.15) is 0 Å². The molecule has 0 saturated carbocycles. The summed E-state index contributed by atoms with van der Waals surface area (Å²) in [5, 5.41) is 0. The predicted molar refractivity (Wildman–Crippen MR) is 71.1 cm³/mol. The minimum absolute atomic E-state index is 0.355. The molecule has 0 aromatic rings. The number of carbonyl (C=O) groups is 1. The first-order valence-corrected chi connectivity index (χ1v) is 7.35. The van der Waals surface area contributed by atoms with Crippen LogP contribution in [-0.2, 0) is 9.53 Å². The Kier molecular flexibility index (Phi) is 5.45. The molecule has 0 aromatic carbocycles. The average Bonchev–Trinajstić information content (AvgIpc) is 2.41. The number of nitrogens with two attached hydrogens (primary N) is 1. The summed E-state index contributed by atoms with van der Waals surface area (Å²) >= 11 is 0. The molecule has 1 amide bonds. The lowest BCUT2D eigenvalue weighted by Gasteiger charge is -2.33. The van der Waals surface area contributed by atoms with Crippen molar-refractivity contribution in [2.24, 2.45) is 17.6 Å². The summed E-state index contributed by atoms with van der Waals surface area (Å²) in [5.41, 5.74) is 5.59. The zero-order valence-corrected chi connectivity index (χ0v) is 11.3. The quantitative estimate of drug-likeness (QED) is 0.825. The van der Waals surface area contributed by atoms with E-state index in [4.69, 9.17) is 10.5 Å². The van der Waals surface area contributed by atoms with Crippen molar-refractivity contribution in [2.45, 2.75) is 38.5 Å². The van der Waals surface area contributed by atoms with E-state index < -0.39 is 0 Å². The number of hydrogen-bond acceptors (Lipinski definition) is 3. The van der Waals surface area contributed by atoms with E-state index in [1.54, 1.807) is 0 Å². The van der Waals surface area contributed by atoms with Gasteiger partial charge in [0.15, 0.2) is 0 Å². The van der Waals surface area contributed by atoms with Crippen molar-refractivity contribution >= 4 is 5.91 Å². The number of ether oxygens (including phenoxy) is 1. The van der Waals surface area contributed by atoms with E-state index in [1.165, 1.54) is 0 Å². The minimum atomic E-state index is 0.355. The fourth-order valence-electron chi connectivity index (χ4n) is 3.03. The fourth-order valence-corrected chi connectivity index (χ4v) is 3.03. The van der Waals surface area contributed by atoms with Gasteiger partial charge < -0.3 is 15.4 Å². The Labute approximate surface area is 110 Å². The highest BCUT2D eigenvalue weighted by atomic mass is 16.5. The molecular weight excluding hydrogens is 228 g/mol. The van der Waals surface area contributed by atoms with Gasteiger partial charge in [0.05, 0.1) is 0 Å². The summed E-state index contributed by atoms with van der Waals surface area (Å²) in [4.78, 5) is 14.2. The molecule has 4 heteroatoms. The zero-order chi connectivity index (χ0) is 12.8. The van der Waals surface area contributed by atoms with Gasteiger partial charge in [-0.25, -0.2) is 0 Å². The Bertz CT molecular complexity index is 257. The van der Waals surface area contributed by atoms with Crippen molar-refractivity contribution in [1.29, 1.82) is 0 Å². The Hall–Kier alpha value is -0.610. The Morgan fingerprint density at radius 1 is 1.11 bits per heavy atom. The van der Waals surface area contributed by atoms with Crippen LogP contribution in [0.15, 0.2) is 0 Å². The molecule has 0 unspecified atom stereocenters. The summed E-state index contributed by atoms with van der Waals surface area (Å²) < 4.78 is 5.33. The van der Waals surface area contributed by atoms with Gasteiger partial charge in [0.2, 0.25) is 5.91 Å². The van der Waals surface area contributed by atoms with Crippen molar-refractivity contribution < 1.29 is 9.53 Å². The van der Waals surface area contributed by atoms with Gasteiger partial charge in [-0.05, 0) is 50.5 Å². The molecule has 2 saturated heterocycles. The molecule has 4 nitrogen and oxygen atoms in total. The third-order valence-corrected chi connectivity index (χ3v) is 4.35. The maximum Gasteiger partial charge on any atom is 0.222 e. The molecule has 104 valence electrons. The second kappa shape index (κ2) is 7.10. The van der Waals surface area contributed by atoms with E-state index in [0.29, 0.717) is 11.8 Å². The van der Waals surface area contributed by atoms with Crippen LogP contribution >= 0.6 is 0 Å². The zero-order valence-electron chi connectivity index (χ0n) is 11.3. The molecule has 2 N–H and O–H groups in total. The molecule has 2 aliphatic heterocycles. The number of hydrogen-bond donors (Lipinski definition) is 1. The van der Waals surface area contributed by atoms with Crippen LogP contribution in [0.1, 0.15) is 38.5 Å². The van der Waals surface area contributed by atoms with Crippen molar-refractivity contribution in [3.63, 3.8) is 0 Å². The molecular formula is C14H26N2O2. The normalized spacial score (nSPS) is 23.3. The van der Waals surface area contributed by atoms with Crippen LogP contribution in [0.25, 0.3) is 0 Å². The maximum absolute atomic E-state index is 12.2. The van der Waals surface area contributed by atoms with Gasteiger partial charge in [0.25, 0.3) is 0 Å². The second-order valence-corrected chi connectivity index (χ2v) is 5.66. The Balaban J connectivity index is 1.70. The molecule has 0 aromatic heterocycles. The standard InChI is InChI=1S/C14H26N2O2/c15-6-1-12-2-7-16(8-3-12)14(17)11-13-4-9-18-10-5-13/h12-13H,1-11,15H2. The monoisotopic (exact) mass is 254 g/mol. The SMILES string of the molecule is NCCC1CCN(C(=O)CC2CCOCC2)CC1. The number of carbonyl (C=O) groups excluding carboxylic acids is 1. The van der Waals surface area contributed by atoms with Gasteiger partial charge in [0.1, 0.15) is 0 Å². The van der Waals surface area contributed by atoms with Crippen molar-refractivity contribution in [1.82, 2.24) is 4.90 Å². The number of amides is 1. The summed E-state index contributed by atoms with van der Waals surface area (Å²) in [7, 11) is 0. The molecule has 0 bridgehead atoms. The van der Waals surface area contributed by atoms with Crippen LogP contribution in [0.2, 0.25) is 0 Å². The molecule has 2 aliphatic rings. The minimum Gasteiger partial charge on any atom is -0.381 e. The number of rotatable bonds is 4. The number of piperidine rings is 1. The Morgan fingerprint density at radius 2 is 1.78 bits per heavy atom. The summed E-state index contributed by atoms with van der Waals surface area (Å²) in [6.45, 7) is 4.31. The molecule has 2 fully saturated rings.